The highest BCUT2D eigenvalue weighted by atomic mass is 32.1. The van der Waals surface area contributed by atoms with Crippen LogP contribution in [0.1, 0.15) is 32.8 Å². The van der Waals surface area contributed by atoms with Crippen LogP contribution in [-0.4, -0.2) is 31.1 Å². The summed E-state index contributed by atoms with van der Waals surface area (Å²) in [5.74, 6) is -0.129. The van der Waals surface area contributed by atoms with Crippen LogP contribution in [0.2, 0.25) is 0 Å². The molecule has 0 bridgehead atoms. The summed E-state index contributed by atoms with van der Waals surface area (Å²) in [6, 6.07) is 16.0. The van der Waals surface area contributed by atoms with E-state index in [0.717, 1.165) is 21.6 Å². The highest BCUT2D eigenvalue weighted by Gasteiger charge is 2.15. The first-order chi connectivity index (χ1) is 13.9. The molecule has 0 radical (unpaired) electrons. The molecule has 0 atom stereocenters. The molecule has 1 amide bonds. The van der Waals surface area contributed by atoms with E-state index in [-0.39, 0.29) is 17.7 Å². The minimum atomic E-state index is -0.129. The van der Waals surface area contributed by atoms with E-state index in [4.69, 9.17) is 0 Å². The molecule has 7 nitrogen and oxygen atoms in total. The SMILES string of the molecule is CC(C)(C)c1ccc(-c2nnc(NC(=O)CCn3nnc4ccccc43)s2)cc1. The van der Waals surface area contributed by atoms with E-state index in [0.29, 0.717) is 11.7 Å². The van der Waals surface area contributed by atoms with E-state index in [2.05, 4.69) is 58.7 Å². The third-order valence-electron chi connectivity index (χ3n) is 4.64. The summed E-state index contributed by atoms with van der Waals surface area (Å²) < 4.78 is 1.73. The van der Waals surface area contributed by atoms with E-state index in [1.165, 1.54) is 16.9 Å². The molecule has 0 spiro atoms. The van der Waals surface area contributed by atoms with Crippen LogP contribution in [-0.2, 0) is 16.8 Å². The van der Waals surface area contributed by atoms with E-state index >= 15 is 0 Å². The average Bonchev–Trinajstić information content (AvgIpc) is 3.33. The van der Waals surface area contributed by atoms with Crippen molar-refractivity contribution < 1.29 is 4.79 Å². The second kappa shape index (κ2) is 7.71. The van der Waals surface area contributed by atoms with Gasteiger partial charge in [-0.1, -0.05) is 73.7 Å². The smallest absolute Gasteiger partial charge is 0.228 e. The van der Waals surface area contributed by atoms with Crippen molar-refractivity contribution in [3.05, 3.63) is 54.1 Å². The van der Waals surface area contributed by atoms with Gasteiger partial charge in [0.2, 0.25) is 11.0 Å². The van der Waals surface area contributed by atoms with Gasteiger partial charge in [0, 0.05) is 12.0 Å². The number of fused-ring (bicyclic) bond motifs is 1. The van der Waals surface area contributed by atoms with Crippen LogP contribution >= 0.6 is 11.3 Å². The van der Waals surface area contributed by atoms with Crippen molar-refractivity contribution in [1.82, 2.24) is 25.2 Å². The minimum Gasteiger partial charge on any atom is -0.300 e. The Hall–Kier alpha value is -3.13. The Morgan fingerprint density at radius 3 is 2.55 bits per heavy atom. The number of amides is 1. The Labute approximate surface area is 172 Å². The molecule has 4 aromatic rings. The lowest BCUT2D eigenvalue weighted by Crippen LogP contribution is -2.15. The standard InChI is InChI=1S/C21H22N6OS/c1-21(2,3)15-10-8-14(9-11-15)19-24-25-20(29-19)22-18(28)12-13-27-17-7-5-4-6-16(17)23-26-27/h4-11H,12-13H2,1-3H3,(H,22,25,28). The fraction of sp³-hybridized carbons (Fsp3) is 0.286. The molecule has 1 N–H and O–H groups in total. The molecule has 0 aliphatic rings. The molecule has 0 unspecified atom stereocenters. The Kier molecular flexibility index (Phi) is 5.10. The van der Waals surface area contributed by atoms with Gasteiger partial charge in [0.05, 0.1) is 12.1 Å². The molecule has 29 heavy (non-hydrogen) atoms. The van der Waals surface area contributed by atoms with Crippen LogP contribution in [0.4, 0.5) is 5.13 Å². The Bertz CT molecular complexity index is 1140. The molecule has 2 heterocycles. The number of para-hydroxylation sites is 1. The minimum absolute atomic E-state index is 0.105. The molecule has 4 rings (SSSR count). The summed E-state index contributed by atoms with van der Waals surface area (Å²) >= 11 is 1.36. The lowest BCUT2D eigenvalue weighted by Gasteiger charge is -2.18. The largest absolute Gasteiger partial charge is 0.300 e. The number of hydrogen-bond donors (Lipinski definition) is 1. The van der Waals surface area contributed by atoms with Gasteiger partial charge in [-0.3, -0.25) is 4.79 Å². The van der Waals surface area contributed by atoms with E-state index in [1.807, 2.05) is 36.4 Å². The van der Waals surface area contributed by atoms with Gasteiger partial charge in [-0.05, 0) is 23.1 Å². The number of aryl methyl sites for hydroxylation is 1. The van der Waals surface area contributed by atoms with Crippen molar-refractivity contribution >= 4 is 33.4 Å². The molecule has 0 saturated carbocycles. The maximum absolute atomic E-state index is 12.3. The van der Waals surface area contributed by atoms with E-state index in [9.17, 15) is 4.79 Å². The monoisotopic (exact) mass is 406 g/mol. The first kappa shape index (κ1) is 19.2. The first-order valence-electron chi connectivity index (χ1n) is 9.43. The van der Waals surface area contributed by atoms with Crippen LogP contribution in [0, 0.1) is 0 Å². The molecule has 0 aliphatic heterocycles. The number of anilines is 1. The number of nitrogens with one attached hydrogen (secondary N) is 1. The molecule has 148 valence electrons. The van der Waals surface area contributed by atoms with Crippen LogP contribution < -0.4 is 5.32 Å². The van der Waals surface area contributed by atoms with Crippen molar-refractivity contribution in [1.29, 1.82) is 0 Å². The number of rotatable bonds is 5. The highest BCUT2D eigenvalue weighted by Crippen LogP contribution is 2.29. The third-order valence-corrected chi connectivity index (χ3v) is 5.53. The summed E-state index contributed by atoms with van der Waals surface area (Å²) in [7, 11) is 0. The third kappa shape index (κ3) is 4.32. The summed E-state index contributed by atoms with van der Waals surface area (Å²) in [6.07, 6.45) is 0.280. The zero-order valence-electron chi connectivity index (χ0n) is 16.6. The van der Waals surface area contributed by atoms with Crippen LogP contribution in [0.15, 0.2) is 48.5 Å². The zero-order chi connectivity index (χ0) is 20.4. The highest BCUT2D eigenvalue weighted by molar-refractivity contribution is 7.18. The number of carbonyl (C=O) groups excluding carboxylic acids is 1. The fourth-order valence-corrected chi connectivity index (χ4v) is 3.74. The van der Waals surface area contributed by atoms with Gasteiger partial charge >= 0.3 is 0 Å². The normalized spacial score (nSPS) is 11.7. The van der Waals surface area contributed by atoms with E-state index < -0.39 is 0 Å². The first-order valence-corrected chi connectivity index (χ1v) is 10.2. The van der Waals surface area contributed by atoms with Crippen molar-refractivity contribution in [3.8, 4) is 10.6 Å². The quantitative estimate of drug-likeness (QED) is 0.535. The maximum Gasteiger partial charge on any atom is 0.228 e. The molecule has 8 heteroatoms. The summed E-state index contributed by atoms with van der Waals surface area (Å²) in [5, 5.41) is 20.6. The van der Waals surface area contributed by atoms with Crippen LogP contribution in [0.25, 0.3) is 21.6 Å². The molecule has 2 aromatic carbocycles. The second-order valence-electron chi connectivity index (χ2n) is 7.84. The topological polar surface area (TPSA) is 85.6 Å². The second-order valence-corrected chi connectivity index (χ2v) is 8.82. The molecular formula is C21H22N6OS. The van der Waals surface area contributed by atoms with Gasteiger partial charge in [0.15, 0.2) is 0 Å². The predicted octanol–water partition coefficient (Wildman–Crippen LogP) is 4.28. The van der Waals surface area contributed by atoms with Gasteiger partial charge in [-0.2, -0.15) is 0 Å². The van der Waals surface area contributed by atoms with Crippen molar-refractivity contribution in [2.75, 3.05) is 5.32 Å². The Balaban J connectivity index is 1.38. The average molecular weight is 407 g/mol. The van der Waals surface area contributed by atoms with Gasteiger partial charge in [0.1, 0.15) is 10.5 Å². The molecule has 0 aliphatic carbocycles. The van der Waals surface area contributed by atoms with Gasteiger partial charge in [0.25, 0.3) is 0 Å². The number of carbonyl (C=O) groups is 1. The Morgan fingerprint density at radius 1 is 1.03 bits per heavy atom. The zero-order valence-corrected chi connectivity index (χ0v) is 17.4. The predicted molar refractivity (Wildman–Crippen MR) is 115 cm³/mol. The lowest BCUT2D eigenvalue weighted by molar-refractivity contribution is -0.116. The number of hydrogen-bond acceptors (Lipinski definition) is 6. The van der Waals surface area contributed by atoms with Crippen molar-refractivity contribution in [2.45, 2.75) is 39.2 Å². The van der Waals surface area contributed by atoms with Crippen molar-refractivity contribution in [3.63, 3.8) is 0 Å². The molecule has 2 aromatic heterocycles. The van der Waals surface area contributed by atoms with Gasteiger partial charge < -0.3 is 5.32 Å². The van der Waals surface area contributed by atoms with E-state index in [1.54, 1.807) is 4.68 Å². The molecular weight excluding hydrogens is 384 g/mol. The number of aromatic nitrogens is 5. The number of benzene rings is 2. The summed E-state index contributed by atoms with van der Waals surface area (Å²) in [4.78, 5) is 12.3. The summed E-state index contributed by atoms with van der Waals surface area (Å²) in [5.41, 5.74) is 4.09. The summed E-state index contributed by atoms with van der Waals surface area (Å²) in [6.45, 7) is 7.00. The molecule has 0 saturated heterocycles. The number of nitrogens with zero attached hydrogens (tertiary/aromatic N) is 5. The Morgan fingerprint density at radius 2 is 1.79 bits per heavy atom. The maximum atomic E-state index is 12.3. The van der Waals surface area contributed by atoms with Gasteiger partial charge in [-0.15, -0.1) is 15.3 Å². The van der Waals surface area contributed by atoms with Crippen LogP contribution in [0.3, 0.4) is 0 Å². The van der Waals surface area contributed by atoms with Crippen LogP contribution in [0.5, 0.6) is 0 Å². The fourth-order valence-electron chi connectivity index (χ4n) is 2.97. The molecule has 0 fully saturated rings. The van der Waals surface area contributed by atoms with Crippen molar-refractivity contribution in [2.24, 2.45) is 0 Å². The lowest BCUT2D eigenvalue weighted by atomic mass is 9.87. The van der Waals surface area contributed by atoms with Gasteiger partial charge in [-0.25, -0.2) is 4.68 Å².